The predicted molar refractivity (Wildman–Crippen MR) is 57.8 cm³/mol. The molecule has 0 aliphatic rings. The summed E-state index contributed by atoms with van der Waals surface area (Å²) in [5.41, 5.74) is 5.24. The first-order chi connectivity index (χ1) is 8.32. The van der Waals surface area contributed by atoms with Crippen LogP contribution in [0.1, 0.15) is 5.82 Å². The minimum atomic E-state index is -4.67. The van der Waals surface area contributed by atoms with Gasteiger partial charge in [0.25, 0.3) is 0 Å². The van der Waals surface area contributed by atoms with Gasteiger partial charge in [0.2, 0.25) is 5.82 Å². The first-order valence-electron chi connectivity index (χ1n) is 4.95. The van der Waals surface area contributed by atoms with Gasteiger partial charge in [0, 0.05) is 19.7 Å². The number of ether oxygens (including phenoxy) is 1. The van der Waals surface area contributed by atoms with Crippen molar-refractivity contribution in [2.24, 2.45) is 0 Å². The van der Waals surface area contributed by atoms with Gasteiger partial charge in [-0.3, -0.25) is 0 Å². The molecule has 6 nitrogen and oxygen atoms in total. The number of nitrogens with two attached hydrogens (primary N) is 1. The number of methoxy groups -OCH3 is 1. The van der Waals surface area contributed by atoms with Gasteiger partial charge in [-0.15, -0.1) is 0 Å². The molecule has 0 saturated carbocycles. The number of hydrogen-bond donors (Lipinski definition) is 3. The van der Waals surface area contributed by atoms with Crippen molar-refractivity contribution in [1.29, 1.82) is 0 Å². The SMILES string of the molecule is COCC(O)CNc1cc(N)nc(C(F)(F)F)n1. The van der Waals surface area contributed by atoms with E-state index in [1.165, 1.54) is 7.11 Å². The fourth-order valence-corrected chi connectivity index (χ4v) is 1.16. The van der Waals surface area contributed by atoms with Crippen molar-refractivity contribution in [1.82, 2.24) is 9.97 Å². The van der Waals surface area contributed by atoms with Crippen LogP contribution in [0.3, 0.4) is 0 Å². The highest BCUT2D eigenvalue weighted by molar-refractivity contribution is 5.44. The van der Waals surface area contributed by atoms with Crippen molar-refractivity contribution < 1.29 is 23.0 Å². The zero-order valence-corrected chi connectivity index (χ0v) is 9.53. The summed E-state index contributed by atoms with van der Waals surface area (Å²) in [5, 5.41) is 11.8. The lowest BCUT2D eigenvalue weighted by molar-refractivity contribution is -0.144. The molecule has 0 aliphatic heterocycles. The number of aliphatic hydroxyl groups excluding tert-OH is 1. The molecule has 9 heteroatoms. The zero-order valence-electron chi connectivity index (χ0n) is 9.53. The molecular weight excluding hydrogens is 253 g/mol. The zero-order chi connectivity index (χ0) is 13.8. The molecule has 102 valence electrons. The lowest BCUT2D eigenvalue weighted by atomic mass is 10.3. The van der Waals surface area contributed by atoms with Gasteiger partial charge < -0.3 is 20.9 Å². The van der Waals surface area contributed by atoms with Crippen LogP contribution in [0.25, 0.3) is 0 Å². The highest BCUT2D eigenvalue weighted by Gasteiger charge is 2.35. The maximum absolute atomic E-state index is 12.4. The number of rotatable bonds is 5. The third kappa shape index (κ3) is 4.34. The molecule has 4 N–H and O–H groups in total. The summed E-state index contributed by atoms with van der Waals surface area (Å²) in [4.78, 5) is 6.34. The van der Waals surface area contributed by atoms with Crippen LogP contribution in [0.2, 0.25) is 0 Å². The van der Waals surface area contributed by atoms with Crippen molar-refractivity contribution in [3.05, 3.63) is 11.9 Å². The van der Waals surface area contributed by atoms with Crippen LogP contribution < -0.4 is 11.1 Å². The fourth-order valence-electron chi connectivity index (χ4n) is 1.16. The number of nitrogens with zero attached hydrogens (tertiary/aromatic N) is 2. The van der Waals surface area contributed by atoms with Crippen LogP contribution in [-0.4, -0.2) is 41.4 Å². The Bertz CT molecular complexity index is 400. The number of aromatic nitrogens is 2. The van der Waals surface area contributed by atoms with Crippen LogP contribution in [0.15, 0.2) is 6.07 Å². The first-order valence-corrected chi connectivity index (χ1v) is 4.95. The van der Waals surface area contributed by atoms with E-state index in [4.69, 9.17) is 5.73 Å². The van der Waals surface area contributed by atoms with E-state index in [0.717, 1.165) is 6.07 Å². The number of nitrogen functional groups attached to an aromatic ring is 1. The second-order valence-electron chi connectivity index (χ2n) is 3.49. The molecule has 1 heterocycles. The Balaban J connectivity index is 2.75. The Morgan fingerprint density at radius 3 is 2.72 bits per heavy atom. The fraction of sp³-hybridized carbons (Fsp3) is 0.556. The molecule has 0 aliphatic carbocycles. The van der Waals surface area contributed by atoms with Gasteiger partial charge in [-0.25, -0.2) is 9.97 Å². The highest BCUT2D eigenvalue weighted by atomic mass is 19.4. The number of hydrogen-bond acceptors (Lipinski definition) is 6. The maximum atomic E-state index is 12.4. The number of alkyl halides is 3. The summed E-state index contributed by atoms with van der Waals surface area (Å²) in [7, 11) is 1.40. The van der Waals surface area contributed by atoms with Gasteiger partial charge in [-0.2, -0.15) is 13.2 Å². The predicted octanol–water partition coefficient (Wildman–Crippen LogP) is 0.497. The monoisotopic (exact) mass is 266 g/mol. The van der Waals surface area contributed by atoms with Crippen molar-refractivity contribution in [3.63, 3.8) is 0 Å². The van der Waals surface area contributed by atoms with E-state index in [0.29, 0.717) is 0 Å². The minimum Gasteiger partial charge on any atom is -0.389 e. The summed E-state index contributed by atoms with van der Waals surface area (Å²) in [6.07, 6.45) is -5.53. The quantitative estimate of drug-likeness (QED) is 0.718. The minimum absolute atomic E-state index is 0.0123. The lowest BCUT2D eigenvalue weighted by Gasteiger charge is -2.13. The molecule has 0 spiro atoms. The molecule has 1 unspecified atom stereocenters. The van der Waals surface area contributed by atoms with E-state index in [9.17, 15) is 18.3 Å². The Morgan fingerprint density at radius 1 is 1.50 bits per heavy atom. The number of aliphatic hydroxyl groups is 1. The summed E-state index contributed by atoms with van der Waals surface area (Å²) in [6.45, 7) is 0.0429. The van der Waals surface area contributed by atoms with E-state index in [2.05, 4.69) is 20.0 Å². The molecule has 1 aromatic rings. The summed E-state index contributed by atoms with van der Waals surface area (Å²) in [5.74, 6) is -1.74. The van der Waals surface area contributed by atoms with Gasteiger partial charge >= 0.3 is 6.18 Å². The van der Waals surface area contributed by atoms with Crippen molar-refractivity contribution in [3.8, 4) is 0 Å². The third-order valence-corrected chi connectivity index (χ3v) is 1.88. The van der Waals surface area contributed by atoms with E-state index >= 15 is 0 Å². The Labute approximate surface area is 101 Å². The molecule has 0 saturated heterocycles. The maximum Gasteiger partial charge on any atom is 0.451 e. The van der Waals surface area contributed by atoms with Gasteiger partial charge in [-0.1, -0.05) is 0 Å². The van der Waals surface area contributed by atoms with Crippen molar-refractivity contribution >= 4 is 11.6 Å². The highest BCUT2D eigenvalue weighted by Crippen LogP contribution is 2.27. The van der Waals surface area contributed by atoms with Gasteiger partial charge in [0.1, 0.15) is 11.6 Å². The van der Waals surface area contributed by atoms with E-state index in [1.807, 2.05) is 0 Å². The molecule has 0 amide bonds. The largest absolute Gasteiger partial charge is 0.451 e. The third-order valence-electron chi connectivity index (χ3n) is 1.88. The van der Waals surface area contributed by atoms with Gasteiger partial charge in [0.15, 0.2) is 0 Å². The topological polar surface area (TPSA) is 93.3 Å². The van der Waals surface area contributed by atoms with E-state index in [1.54, 1.807) is 0 Å². The Kier molecular flexibility index (Phi) is 4.68. The molecule has 1 rings (SSSR count). The molecule has 1 atom stereocenters. The van der Waals surface area contributed by atoms with Gasteiger partial charge in [-0.05, 0) is 0 Å². The van der Waals surface area contributed by atoms with Crippen molar-refractivity contribution in [2.75, 3.05) is 31.3 Å². The van der Waals surface area contributed by atoms with Crippen LogP contribution >= 0.6 is 0 Å². The Hall–Kier alpha value is -1.61. The molecule has 0 bridgehead atoms. The summed E-state index contributed by atoms with van der Waals surface area (Å²) < 4.78 is 41.8. The second kappa shape index (κ2) is 5.83. The molecule has 1 aromatic heterocycles. The average Bonchev–Trinajstić information content (AvgIpc) is 2.25. The number of nitrogens with one attached hydrogen (secondary N) is 1. The average molecular weight is 266 g/mol. The molecule has 18 heavy (non-hydrogen) atoms. The van der Waals surface area contributed by atoms with Crippen LogP contribution in [0.5, 0.6) is 0 Å². The van der Waals surface area contributed by atoms with Crippen LogP contribution in [0.4, 0.5) is 24.8 Å². The standard InChI is InChI=1S/C9H13F3N4O2/c1-18-4-5(17)3-14-7-2-6(13)15-8(16-7)9(10,11)12/h2,5,17H,3-4H2,1H3,(H3,13,14,15,16). The summed E-state index contributed by atoms with van der Waals surface area (Å²) >= 11 is 0. The van der Waals surface area contributed by atoms with Crippen LogP contribution in [-0.2, 0) is 10.9 Å². The molecular formula is C9H13F3N4O2. The molecule has 0 aromatic carbocycles. The lowest BCUT2D eigenvalue weighted by Crippen LogP contribution is -2.25. The second-order valence-corrected chi connectivity index (χ2v) is 3.49. The summed E-state index contributed by atoms with van der Waals surface area (Å²) in [6, 6.07) is 1.15. The van der Waals surface area contributed by atoms with E-state index < -0.39 is 18.1 Å². The van der Waals surface area contributed by atoms with Gasteiger partial charge in [0.05, 0.1) is 12.7 Å². The van der Waals surface area contributed by atoms with Crippen molar-refractivity contribution in [2.45, 2.75) is 12.3 Å². The number of halogens is 3. The number of anilines is 2. The van der Waals surface area contributed by atoms with E-state index in [-0.39, 0.29) is 24.8 Å². The molecule has 0 fully saturated rings. The Morgan fingerprint density at radius 2 is 2.17 bits per heavy atom. The van der Waals surface area contributed by atoms with Crippen LogP contribution in [0, 0.1) is 0 Å². The molecule has 0 radical (unpaired) electrons. The first kappa shape index (κ1) is 14.5. The normalized spacial score (nSPS) is 13.4. The smallest absolute Gasteiger partial charge is 0.389 e.